The van der Waals surface area contributed by atoms with Crippen molar-refractivity contribution in [1.82, 2.24) is 0 Å². The van der Waals surface area contributed by atoms with Gasteiger partial charge in [-0.2, -0.15) is 0 Å². The molecule has 1 aliphatic carbocycles. The van der Waals surface area contributed by atoms with Crippen molar-refractivity contribution in [3.8, 4) is 0 Å². The van der Waals surface area contributed by atoms with Crippen molar-refractivity contribution in [2.24, 2.45) is 17.6 Å². The van der Waals surface area contributed by atoms with Crippen LogP contribution in [-0.2, 0) is 4.79 Å². The number of hydrogen-bond acceptors (Lipinski definition) is 2. The molecule has 1 aliphatic rings. The maximum Gasteiger partial charge on any atom is 0.130 e. The molecule has 0 bridgehead atoms. The second-order valence-corrected chi connectivity index (χ2v) is 3.69. The summed E-state index contributed by atoms with van der Waals surface area (Å²) in [6.07, 6.45) is 4.39. The summed E-state index contributed by atoms with van der Waals surface area (Å²) in [4.78, 5) is 10.8. The molecule has 0 aromatic carbocycles. The van der Waals surface area contributed by atoms with E-state index in [1.165, 1.54) is 19.3 Å². The van der Waals surface area contributed by atoms with Crippen molar-refractivity contribution < 1.29 is 4.79 Å². The zero-order valence-electron chi connectivity index (χ0n) is 7.18. The molecule has 2 unspecified atom stereocenters. The van der Waals surface area contributed by atoms with E-state index in [1.807, 2.05) is 0 Å². The first-order chi connectivity index (χ1) is 5.22. The lowest BCUT2D eigenvalue weighted by Crippen LogP contribution is -2.11. The Bertz CT molecular complexity index is 144. The highest BCUT2D eigenvalue weighted by Gasteiger charge is 2.23. The summed E-state index contributed by atoms with van der Waals surface area (Å²) in [7, 11) is 0. The SMILES string of the molecule is CC(=O)CC1CCC(CN)C1. The van der Waals surface area contributed by atoms with Crippen LogP contribution < -0.4 is 5.73 Å². The van der Waals surface area contributed by atoms with Crippen molar-refractivity contribution in [2.45, 2.75) is 32.6 Å². The Morgan fingerprint density at radius 3 is 2.55 bits per heavy atom. The smallest absolute Gasteiger partial charge is 0.130 e. The standard InChI is InChI=1S/C9H17NO/c1-7(11)4-8-2-3-9(5-8)6-10/h8-9H,2-6,10H2,1H3. The van der Waals surface area contributed by atoms with Gasteiger partial charge in [0.15, 0.2) is 0 Å². The van der Waals surface area contributed by atoms with Gasteiger partial charge in [0.25, 0.3) is 0 Å². The van der Waals surface area contributed by atoms with Gasteiger partial charge < -0.3 is 10.5 Å². The molecule has 1 fully saturated rings. The fourth-order valence-corrected chi connectivity index (χ4v) is 1.98. The summed E-state index contributed by atoms with van der Waals surface area (Å²) in [6.45, 7) is 2.48. The fraction of sp³-hybridized carbons (Fsp3) is 0.889. The third-order valence-corrected chi connectivity index (χ3v) is 2.56. The van der Waals surface area contributed by atoms with E-state index in [4.69, 9.17) is 5.73 Å². The summed E-state index contributed by atoms with van der Waals surface area (Å²) >= 11 is 0. The Hall–Kier alpha value is -0.370. The van der Waals surface area contributed by atoms with Crippen LogP contribution in [-0.4, -0.2) is 12.3 Å². The summed E-state index contributed by atoms with van der Waals surface area (Å²) in [5, 5.41) is 0. The van der Waals surface area contributed by atoms with Crippen LogP contribution in [0.1, 0.15) is 32.6 Å². The quantitative estimate of drug-likeness (QED) is 0.668. The van der Waals surface area contributed by atoms with Gasteiger partial charge in [-0.25, -0.2) is 0 Å². The largest absolute Gasteiger partial charge is 0.330 e. The van der Waals surface area contributed by atoms with Gasteiger partial charge in [-0.05, 0) is 44.6 Å². The first-order valence-electron chi connectivity index (χ1n) is 4.42. The second kappa shape index (κ2) is 3.86. The minimum atomic E-state index is 0.327. The van der Waals surface area contributed by atoms with Crippen LogP contribution in [0.3, 0.4) is 0 Å². The molecule has 2 atom stereocenters. The molecule has 0 spiro atoms. The molecule has 0 heterocycles. The van der Waals surface area contributed by atoms with E-state index in [1.54, 1.807) is 6.92 Å². The normalized spacial score (nSPS) is 30.7. The Morgan fingerprint density at radius 2 is 2.09 bits per heavy atom. The Labute approximate surface area is 68.2 Å². The van der Waals surface area contributed by atoms with Crippen LogP contribution in [0, 0.1) is 11.8 Å². The van der Waals surface area contributed by atoms with Crippen LogP contribution in [0.25, 0.3) is 0 Å². The van der Waals surface area contributed by atoms with Crippen LogP contribution in [0.2, 0.25) is 0 Å². The average molecular weight is 155 g/mol. The molecular weight excluding hydrogens is 138 g/mol. The lowest BCUT2D eigenvalue weighted by molar-refractivity contribution is -0.117. The van der Waals surface area contributed by atoms with Crippen molar-refractivity contribution in [1.29, 1.82) is 0 Å². The van der Waals surface area contributed by atoms with E-state index >= 15 is 0 Å². The molecule has 0 saturated heterocycles. The van der Waals surface area contributed by atoms with Crippen LogP contribution >= 0.6 is 0 Å². The van der Waals surface area contributed by atoms with Gasteiger partial charge in [-0.15, -0.1) is 0 Å². The minimum absolute atomic E-state index is 0.327. The predicted molar refractivity (Wildman–Crippen MR) is 45.2 cm³/mol. The highest BCUT2D eigenvalue weighted by molar-refractivity contribution is 5.75. The highest BCUT2D eigenvalue weighted by atomic mass is 16.1. The Morgan fingerprint density at radius 1 is 1.45 bits per heavy atom. The number of Topliss-reactive ketones (excluding diaryl/α,β-unsaturated/α-hetero) is 1. The maximum atomic E-state index is 10.8. The number of ketones is 1. The molecule has 1 saturated carbocycles. The molecule has 0 aliphatic heterocycles. The number of carbonyl (C=O) groups excluding carboxylic acids is 1. The lowest BCUT2D eigenvalue weighted by Gasteiger charge is -2.06. The first-order valence-corrected chi connectivity index (χ1v) is 4.42. The predicted octanol–water partition coefficient (Wildman–Crippen LogP) is 1.34. The van der Waals surface area contributed by atoms with Gasteiger partial charge in [0, 0.05) is 6.42 Å². The molecule has 0 radical (unpaired) electrons. The average Bonchev–Trinajstić information content (AvgIpc) is 2.34. The van der Waals surface area contributed by atoms with E-state index in [0.29, 0.717) is 17.6 Å². The maximum absolute atomic E-state index is 10.8. The van der Waals surface area contributed by atoms with Gasteiger partial charge in [0.05, 0.1) is 0 Å². The van der Waals surface area contributed by atoms with Gasteiger partial charge in [0.2, 0.25) is 0 Å². The van der Waals surface area contributed by atoms with E-state index < -0.39 is 0 Å². The molecule has 1 rings (SSSR count). The molecule has 11 heavy (non-hydrogen) atoms. The molecule has 0 aromatic heterocycles. The van der Waals surface area contributed by atoms with Gasteiger partial charge in [-0.3, -0.25) is 0 Å². The minimum Gasteiger partial charge on any atom is -0.330 e. The summed E-state index contributed by atoms with van der Waals surface area (Å²) in [6, 6.07) is 0. The van der Waals surface area contributed by atoms with Crippen molar-refractivity contribution in [2.75, 3.05) is 6.54 Å². The van der Waals surface area contributed by atoms with Gasteiger partial charge >= 0.3 is 0 Å². The summed E-state index contributed by atoms with van der Waals surface area (Å²) < 4.78 is 0. The third kappa shape index (κ3) is 2.62. The summed E-state index contributed by atoms with van der Waals surface area (Å²) in [5.41, 5.74) is 5.54. The summed E-state index contributed by atoms with van der Waals surface area (Å²) in [5.74, 6) is 1.66. The lowest BCUT2D eigenvalue weighted by atomic mass is 10.00. The number of nitrogens with two attached hydrogens (primary N) is 1. The number of hydrogen-bond donors (Lipinski definition) is 1. The van der Waals surface area contributed by atoms with E-state index in [-0.39, 0.29) is 0 Å². The third-order valence-electron chi connectivity index (χ3n) is 2.56. The number of carbonyl (C=O) groups is 1. The number of rotatable bonds is 3. The van der Waals surface area contributed by atoms with Gasteiger partial charge in [0.1, 0.15) is 5.78 Å². The van der Waals surface area contributed by atoms with Crippen molar-refractivity contribution >= 4 is 5.78 Å². The zero-order valence-corrected chi connectivity index (χ0v) is 7.18. The molecule has 0 amide bonds. The van der Waals surface area contributed by atoms with Gasteiger partial charge in [-0.1, -0.05) is 0 Å². The fourth-order valence-electron chi connectivity index (χ4n) is 1.98. The monoisotopic (exact) mass is 155 g/mol. The van der Waals surface area contributed by atoms with Crippen molar-refractivity contribution in [3.05, 3.63) is 0 Å². The molecule has 64 valence electrons. The topological polar surface area (TPSA) is 43.1 Å². The Kier molecular flexibility index (Phi) is 3.06. The zero-order chi connectivity index (χ0) is 8.27. The van der Waals surface area contributed by atoms with Crippen LogP contribution in [0.15, 0.2) is 0 Å². The van der Waals surface area contributed by atoms with E-state index in [2.05, 4.69) is 0 Å². The van der Waals surface area contributed by atoms with E-state index in [0.717, 1.165) is 13.0 Å². The Balaban J connectivity index is 2.24. The molecule has 2 N–H and O–H groups in total. The van der Waals surface area contributed by atoms with Crippen LogP contribution in [0.4, 0.5) is 0 Å². The molecule has 0 aromatic rings. The first kappa shape index (κ1) is 8.72. The van der Waals surface area contributed by atoms with Crippen molar-refractivity contribution in [3.63, 3.8) is 0 Å². The molecular formula is C9H17NO. The molecule has 2 nitrogen and oxygen atoms in total. The second-order valence-electron chi connectivity index (χ2n) is 3.69. The molecule has 2 heteroatoms. The van der Waals surface area contributed by atoms with Crippen LogP contribution in [0.5, 0.6) is 0 Å². The highest BCUT2D eigenvalue weighted by Crippen LogP contribution is 2.32. The van der Waals surface area contributed by atoms with E-state index in [9.17, 15) is 4.79 Å².